The molecule has 4 N–H and O–H groups in total. The number of carbonyl (C=O) groups excluding carboxylic acids is 2. The Kier molecular flexibility index (Phi) is 6.24. The first-order valence-electron chi connectivity index (χ1n) is 10.8. The van der Waals surface area contributed by atoms with Crippen LogP contribution in [0.25, 0.3) is 16.1 Å². The van der Waals surface area contributed by atoms with Gasteiger partial charge in [-0.2, -0.15) is 0 Å². The Morgan fingerprint density at radius 1 is 1.22 bits per heavy atom. The molecule has 2 atom stereocenters. The molecule has 1 aromatic carbocycles. The second-order valence-corrected chi connectivity index (χ2v) is 9.74. The summed E-state index contributed by atoms with van der Waals surface area (Å²) >= 11 is 2.54. The molecule has 1 saturated heterocycles. The van der Waals surface area contributed by atoms with E-state index in [-0.39, 0.29) is 22.2 Å². The standard InChI is InChI=1S/C23H20N6O5S2/c1-34-28-16(14-10-36-23(24)26-14)19(30)27-17-15-8-7-12(18(22(32)33)29(15)21(17)31)13-9-35-20(25-13)11-5-3-2-4-6-11/h2-6,9-10,15,17H,7-8H2,1H3,(H2,24,26)(H,27,30)(H,32,33)/b28-16-/t15-,17+/m1/s1. The van der Waals surface area contributed by atoms with Crippen molar-refractivity contribution < 1.29 is 24.3 Å². The molecular weight excluding hydrogens is 504 g/mol. The Bertz CT molecular complexity index is 1410. The number of hydrogen-bond acceptors (Lipinski definition) is 10. The van der Waals surface area contributed by atoms with Crippen LogP contribution in [0.5, 0.6) is 0 Å². The molecule has 2 amide bonds. The van der Waals surface area contributed by atoms with Crippen LogP contribution in [-0.4, -0.2) is 62.7 Å². The number of hydrogen-bond donors (Lipinski definition) is 3. The molecule has 5 rings (SSSR count). The number of oxime groups is 1. The van der Waals surface area contributed by atoms with Crippen LogP contribution in [0.15, 0.2) is 51.9 Å². The van der Waals surface area contributed by atoms with E-state index in [0.29, 0.717) is 24.1 Å². The number of nitrogens with zero attached hydrogens (tertiary/aromatic N) is 4. The number of amides is 2. The summed E-state index contributed by atoms with van der Waals surface area (Å²) in [6.07, 6.45) is 0.851. The topological polar surface area (TPSA) is 160 Å². The third kappa shape index (κ3) is 4.12. The van der Waals surface area contributed by atoms with E-state index in [0.717, 1.165) is 21.9 Å². The van der Waals surface area contributed by atoms with E-state index in [1.807, 2.05) is 30.3 Å². The number of aromatic nitrogens is 2. The van der Waals surface area contributed by atoms with E-state index in [2.05, 4.69) is 20.4 Å². The summed E-state index contributed by atoms with van der Waals surface area (Å²) < 4.78 is 0. The average molecular weight is 525 g/mol. The number of rotatable bonds is 7. The molecule has 4 heterocycles. The van der Waals surface area contributed by atoms with E-state index < -0.39 is 29.9 Å². The summed E-state index contributed by atoms with van der Waals surface area (Å²) in [4.78, 5) is 52.9. The number of carbonyl (C=O) groups is 3. The highest BCUT2D eigenvalue weighted by Crippen LogP contribution is 2.41. The first-order valence-corrected chi connectivity index (χ1v) is 12.6. The van der Waals surface area contributed by atoms with Crippen LogP contribution in [0.4, 0.5) is 5.13 Å². The number of nitrogens with two attached hydrogens (primary N) is 1. The number of nitrogen functional groups attached to an aromatic ring is 1. The molecule has 36 heavy (non-hydrogen) atoms. The van der Waals surface area contributed by atoms with Crippen LogP contribution >= 0.6 is 22.7 Å². The van der Waals surface area contributed by atoms with Gasteiger partial charge in [-0.1, -0.05) is 35.5 Å². The van der Waals surface area contributed by atoms with Gasteiger partial charge in [0.2, 0.25) is 0 Å². The van der Waals surface area contributed by atoms with Crippen LogP contribution in [-0.2, 0) is 19.2 Å². The average Bonchev–Trinajstić information content (AvgIpc) is 3.54. The lowest BCUT2D eigenvalue weighted by molar-refractivity contribution is -0.154. The minimum atomic E-state index is -1.22. The number of nitrogens with one attached hydrogen (secondary N) is 1. The number of carboxylic acids is 1. The number of aliphatic carboxylic acids is 1. The normalized spacial score (nSPS) is 19.5. The Labute approximate surface area is 212 Å². The van der Waals surface area contributed by atoms with Gasteiger partial charge in [-0.25, -0.2) is 14.8 Å². The minimum absolute atomic E-state index is 0.107. The number of allylic oxidation sites excluding steroid dienone is 1. The van der Waals surface area contributed by atoms with Gasteiger partial charge < -0.3 is 21.0 Å². The predicted octanol–water partition coefficient (Wildman–Crippen LogP) is 2.18. The summed E-state index contributed by atoms with van der Waals surface area (Å²) in [5.74, 6) is -2.41. The molecule has 2 aromatic heterocycles. The zero-order valence-corrected chi connectivity index (χ0v) is 20.5. The molecular formula is C23H20N6O5S2. The Hall–Kier alpha value is -4.10. The van der Waals surface area contributed by atoms with E-state index in [9.17, 15) is 19.5 Å². The molecule has 3 aromatic rings. The second kappa shape index (κ2) is 9.51. The number of thiazole rings is 2. The molecule has 0 aliphatic carbocycles. The summed E-state index contributed by atoms with van der Waals surface area (Å²) in [7, 11) is 1.29. The van der Waals surface area contributed by atoms with Crippen LogP contribution in [0.3, 0.4) is 0 Å². The summed E-state index contributed by atoms with van der Waals surface area (Å²) in [5, 5.41) is 20.7. The highest BCUT2D eigenvalue weighted by atomic mass is 32.1. The van der Waals surface area contributed by atoms with Gasteiger partial charge in [0.15, 0.2) is 10.8 Å². The van der Waals surface area contributed by atoms with Gasteiger partial charge >= 0.3 is 5.97 Å². The molecule has 1 fully saturated rings. The zero-order valence-electron chi connectivity index (χ0n) is 18.9. The number of anilines is 1. The van der Waals surface area contributed by atoms with Crippen molar-refractivity contribution in [2.24, 2.45) is 5.16 Å². The van der Waals surface area contributed by atoms with E-state index in [4.69, 9.17) is 10.6 Å². The van der Waals surface area contributed by atoms with E-state index in [1.165, 1.54) is 23.3 Å². The van der Waals surface area contributed by atoms with Gasteiger partial charge in [0.05, 0.1) is 11.7 Å². The van der Waals surface area contributed by atoms with Crippen LogP contribution in [0.1, 0.15) is 24.2 Å². The number of benzene rings is 1. The van der Waals surface area contributed by atoms with Crippen LogP contribution in [0.2, 0.25) is 0 Å². The second-order valence-electron chi connectivity index (χ2n) is 8.00. The Morgan fingerprint density at radius 3 is 2.67 bits per heavy atom. The molecule has 0 spiro atoms. The maximum absolute atomic E-state index is 13.1. The molecule has 0 unspecified atom stereocenters. The highest BCUT2D eigenvalue weighted by Gasteiger charge is 2.54. The van der Waals surface area contributed by atoms with Crippen molar-refractivity contribution in [3.8, 4) is 10.6 Å². The summed E-state index contributed by atoms with van der Waals surface area (Å²) in [6, 6.07) is 8.17. The molecule has 2 aliphatic rings. The molecule has 0 radical (unpaired) electrons. The lowest BCUT2D eigenvalue weighted by Gasteiger charge is -2.50. The van der Waals surface area contributed by atoms with Gasteiger partial charge in [0.25, 0.3) is 11.8 Å². The van der Waals surface area contributed by atoms with Crippen molar-refractivity contribution in [1.29, 1.82) is 0 Å². The number of carboxylic acid groups (broad SMARTS) is 1. The van der Waals surface area contributed by atoms with Crippen molar-refractivity contribution in [1.82, 2.24) is 20.2 Å². The minimum Gasteiger partial charge on any atom is -0.477 e. The van der Waals surface area contributed by atoms with Crippen molar-refractivity contribution in [2.75, 3.05) is 12.8 Å². The van der Waals surface area contributed by atoms with Gasteiger partial charge in [-0.15, -0.1) is 22.7 Å². The third-order valence-corrected chi connectivity index (χ3v) is 7.49. The fourth-order valence-corrected chi connectivity index (χ4v) is 5.73. The quantitative estimate of drug-likeness (QED) is 0.241. The SMILES string of the molecule is CO/N=C(\C(=O)N[C@@H]1C(=O)N2C(C(=O)O)=C(c3csc(-c4ccccc4)n3)CC[C@H]12)c1csc(N)n1. The molecule has 184 valence electrons. The smallest absolute Gasteiger partial charge is 0.352 e. The summed E-state index contributed by atoms with van der Waals surface area (Å²) in [5.41, 5.74) is 7.60. The van der Waals surface area contributed by atoms with Crippen molar-refractivity contribution in [3.63, 3.8) is 0 Å². The summed E-state index contributed by atoms with van der Waals surface area (Å²) in [6.45, 7) is 0. The lowest BCUT2D eigenvalue weighted by Crippen LogP contribution is -2.72. The molecule has 2 aliphatic heterocycles. The third-order valence-electron chi connectivity index (χ3n) is 5.92. The maximum Gasteiger partial charge on any atom is 0.352 e. The van der Waals surface area contributed by atoms with Gasteiger partial charge in [-0.3, -0.25) is 14.5 Å². The van der Waals surface area contributed by atoms with Gasteiger partial charge in [-0.05, 0) is 12.8 Å². The zero-order chi connectivity index (χ0) is 25.4. The maximum atomic E-state index is 13.1. The van der Waals surface area contributed by atoms with E-state index >= 15 is 0 Å². The van der Waals surface area contributed by atoms with Crippen LogP contribution < -0.4 is 11.1 Å². The number of fused-ring (bicyclic) bond motifs is 1. The predicted molar refractivity (Wildman–Crippen MR) is 134 cm³/mol. The van der Waals surface area contributed by atoms with Gasteiger partial charge in [0.1, 0.15) is 29.6 Å². The first kappa shape index (κ1) is 23.6. The Morgan fingerprint density at radius 2 is 2.00 bits per heavy atom. The largest absolute Gasteiger partial charge is 0.477 e. The van der Waals surface area contributed by atoms with Crippen molar-refractivity contribution in [2.45, 2.75) is 24.9 Å². The monoisotopic (exact) mass is 524 g/mol. The molecule has 11 nitrogen and oxygen atoms in total. The molecule has 0 bridgehead atoms. The van der Waals surface area contributed by atoms with E-state index in [1.54, 1.807) is 10.8 Å². The Balaban J connectivity index is 1.39. The van der Waals surface area contributed by atoms with Crippen LogP contribution in [0, 0.1) is 0 Å². The fraction of sp³-hybridized carbons (Fsp3) is 0.217. The molecule has 13 heteroatoms. The lowest BCUT2D eigenvalue weighted by atomic mass is 9.82. The number of β-lactam (4-membered cyclic amide) rings is 1. The van der Waals surface area contributed by atoms with Crippen molar-refractivity contribution >= 4 is 56.9 Å². The molecule has 0 saturated carbocycles. The fourth-order valence-electron chi connectivity index (χ4n) is 4.34. The van der Waals surface area contributed by atoms with Crippen molar-refractivity contribution in [3.05, 3.63) is 58.2 Å². The van der Waals surface area contributed by atoms with Gasteiger partial charge in [0, 0.05) is 21.9 Å². The highest BCUT2D eigenvalue weighted by molar-refractivity contribution is 7.13. The first-order chi connectivity index (χ1) is 17.4.